The van der Waals surface area contributed by atoms with Gasteiger partial charge < -0.3 is 19.1 Å². The first kappa shape index (κ1) is 29.0. The summed E-state index contributed by atoms with van der Waals surface area (Å²) in [5.41, 5.74) is -2.61. The van der Waals surface area contributed by atoms with Crippen LogP contribution in [0, 0.1) is 5.82 Å². The molecule has 6 atom stereocenters. The minimum Gasteiger partial charge on any atom is -0.462 e. The summed E-state index contributed by atoms with van der Waals surface area (Å²) in [6.07, 6.45) is -6.02. The Bertz CT molecular complexity index is 1270. The standard InChI is InChI=1S/C21H25ClF2N3O9P/c1-11(2)34-18(30)12(3)26-37(32,36-13-7-5-4-6-8-13)33-10-15-16(28)21(22,24)19(35-15)27-9-14(23)17(29)25-20(27)31/h4-9,11-12,15-16,19,28H,10H2,1-3H3,(H,26,32)(H,25,29,31)/t12-,15-,16-,19-,21+,37-/m1/s1. The van der Waals surface area contributed by atoms with Gasteiger partial charge >= 0.3 is 19.4 Å². The van der Waals surface area contributed by atoms with E-state index in [0.29, 0.717) is 10.8 Å². The van der Waals surface area contributed by atoms with Gasteiger partial charge in [-0.3, -0.25) is 23.7 Å². The molecular weight excluding hydrogens is 543 g/mol. The fourth-order valence-corrected chi connectivity index (χ4v) is 5.05. The summed E-state index contributed by atoms with van der Waals surface area (Å²) in [7, 11) is -4.41. The number of nitrogens with one attached hydrogen (secondary N) is 2. The molecule has 0 aliphatic carbocycles. The van der Waals surface area contributed by atoms with Crippen LogP contribution in [0.15, 0.2) is 46.1 Å². The Hall–Kier alpha value is -2.61. The summed E-state index contributed by atoms with van der Waals surface area (Å²) in [4.78, 5) is 37.2. The molecule has 1 aromatic heterocycles. The zero-order valence-electron chi connectivity index (χ0n) is 19.8. The summed E-state index contributed by atoms with van der Waals surface area (Å²) >= 11 is 5.78. The highest BCUT2D eigenvalue weighted by Crippen LogP contribution is 2.48. The average Bonchev–Trinajstić information content (AvgIpc) is 3.03. The Balaban J connectivity index is 1.82. The van der Waals surface area contributed by atoms with Crippen LogP contribution >= 0.6 is 19.3 Å². The van der Waals surface area contributed by atoms with Gasteiger partial charge in [0.25, 0.3) is 10.7 Å². The van der Waals surface area contributed by atoms with Crippen LogP contribution in [0.2, 0.25) is 0 Å². The van der Waals surface area contributed by atoms with Gasteiger partial charge in [-0.25, -0.2) is 13.8 Å². The number of aromatic amines is 1. The number of para-hydroxylation sites is 1. The van der Waals surface area contributed by atoms with Crippen molar-refractivity contribution in [2.75, 3.05) is 6.61 Å². The van der Waals surface area contributed by atoms with Crippen molar-refractivity contribution in [3.05, 3.63) is 63.2 Å². The minimum absolute atomic E-state index is 0.0842. The second-order valence-electron chi connectivity index (χ2n) is 8.32. The summed E-state index contributed by atoms with van der Waals surface area (Å²) in [6.45, 7) is 3.75. The van der Waals surface area contributed by atoms with E-state index < -0.39 is 73.1 Å². The molecule has 2 aromatic rings. The lowest BCUT2D eigenvalue weighted by Crippen LogP contribution is -2.42. The molecule has 0 saturated carbocycles. The van der Waals surface area contributed by atoms with E-state index in [0.717, 1.165) is 0 Å². The molecule has 3 N–H and O–H groups in total. The number of aromatic nitrogens is 2. The van der Waals surface area contributed by atoms with Gasteiger partial charge in [0.2, 0.25) is 5.82 Å². The number of ether oxygens (including phenoxy) is 2. The number of aliphatic hydroxyl groups is 1. The number of halogens is 3. The van der Waals surface area contributed by atoms with Crippen LogP contribution in [0.4, 0.5) is 8.78 Å². The van der Waals surface area contributed by atoms with Crippen molar-refractivity contribution in [1.29, 1.82) is 0 Å². The van der Waals surface area contributed by atoms with Crippen molar-refractivity contribution in [3.8, 4) is 5.75 Å². The number of esters is 1. The van der Waals surface area contributed by atoms with Gasteiger partial charge in [0, 0.05) is 0 Å². The minimum atomic E-state index is -4.41. The molecule has 2 heterocycles. The predicted molar refractivity (Wildman–Crippen MR) is 125 cm³/mol. The molecule has 0 amide bonds. The fraction of sp³-hybridized carbons (Fsp3) is 0.476. The lowest BCUT2D eigenvalue weighted by molar-refractivity contribution is -0.149. The van der Waals surface area contributed by atoms with E-state index in [9.17, 15) is 28.4 Å². The Labute approximate surface area is 214 Å². The van der Waals surface area contributed by atoms with Crippen molar-refractivity contribution in [2.24, 2.45) is 0 Å². The highest BCUT2D eigenvalue weighted by molar-refractivity contribution is 7.52. The third-order valence-electron chi connectivity index (χ3n) is 4.99. The molecule has 37 heavy (non-hydrogen) atoms. The molecule has 1 saturated heterocycles. The molecule has 1 fully saturated rings. The Kier molecular flexibility index (Phi) is 8.93. The summed E-state index contributed by atoms with van der Waals surface area (Å²) in [5, 5.41) is 9.62. The van der Waals surface area contributed by atoms with E-state index in [-0.39, 0.29) is 5.75 Å². The van der Waals surface area contributed by atoms with E-state index in [2.05, 4.69) is 5.09 Å². The topological polar surface area (TPSA) is 158 Å². The number of hydrogen-bond donors (Lipinski definition) is 3. The second-order valence-corrected chi connectivity index (χ2v) is 10.6. The molecule has 0 radical (unpaired) electrons. The largest absolute Gasteiger partial charge is 0.462 e. The maximum atomic E-state index is 15.2. The monoisotopic (exact) mass is 567 g/mol. The quantitative estimate of drug-likeness (QED) is 0.220. The van der Waals surface area contributed by atoms with Crippen molar-refractivity contribution in [3.63, 3.8) is 0 Å². The van der Waals surface area contributed by atoms with Crippen LogP contribution in [-0.4, -0.2) is 56.7 Å². The smallest absolute Gasteiger partial charge is 0.459 e. The van der Waals surface area contributed by atoms with Gasteiger partial charge in [-0.05, 0) is 32.9 Å². The first-order valence-electron chi connectivity index (χ1n) is 10.9. The SMILES string of the molecule is CC(C)OC(=O)[C@@H](C)N[P@@](=O)(OC[C@H]1O[C@@H](n2cc(F)c(=O)[nH]c2=O)[C@](F)(Cl)[C@@H]1O)Oc1ccccc1. The molecule has 1 aromatic carbocycles. The van der Waals surface area contributed by atoms with Crippen molar-refractivity contribution in [1.82, 2.24) is 14.6 Å². The van der Waals surface area contributed by atoms with Crippen molar-refractivity contribution in [2.45, 2.75) is 56.5 Å². The van der Waals surface area contributed by atoms with Gasteiger partial charge in [0.15, 0.2) is 6.23 Å². The van der Waals surface area contributed by atoms with Gasteiger partial charge in [-0.1, -0.05) is 29.8 Å². The number of hydrogen-bond acceptors (Lipinski definition) is 9. The predicted octanol–water partition coefficient (Wildman–Crippen LogP) is 1.97. The molecule has 0 spiro atoms. The number of carbonyl (C=O) groups excluding carboxylic acids is 1. The Morgan fingerprint density at radius 2 is 1.97 bits per heavy atom. The number of rotatable bonds is 10. The van der Waals surface area contributed by atoms with Crippen LogP contribution in [0.3, 0.4) is 0 Å². The number of aliphatic hydroxyl groups excluding tert-OH is 1. The van der Waals surface area contributed by atoms with Gasteiger partial charge in [-0.15, -0.1) is 0 Å². The van der Waals surface area contributed by atoms with E-state index in [1.54, 1.807) is 37.0 Å². The van der Waals surface area contributed by atoms with E-state index in [1.165, 1.54) is 19.1 Å². The molecule has 12 nitrogen and oxygen atoms in total. The molecule has 0 bridgehead atoms. The van der Waals surface area contributed by atoms with E-state index in [1.807, 2.05) is 0 Å². The molecule has 204 valence electrons. The first-order chi connectivity index (χ1) is 17.2. The third-order valence-corrected chi connectivity index (χ3v) is 7.05. The molecule has 3 rings (SSSR count). The summed E-state index contributed by atoms with van der Waals surface area (Å²) in [6, 6.07) is 6.55. The highest BCUT2D eigenvalue weighted by Gasteiger charge is 2.58. The van der Waals surface area contributed by atoms with Crippen LogP contribution in [0.5, 0.6) is 5.75 Å². The fourth-order valence-electron chi connectivity index (χ4n) is 3.25. The zero-order valence-corrected chi connectivity index (χ0v) is 21.4. The van der Waals surface area contributed by atoms with Crippen LogP contribution < -0.4 is 20.9 Å². The molecular formula is C21H25ClF2N3O9P. The highest BCUT2D eigenvalue weighted by atomic mass is 35.5. The Morgan fingerprint density at radius 1 is 1.32 bits per heavy atom. The zero-order chi connectivity index (χ0) is 27.5. The first-order valence-corrected chi connectivity index (χ1v) is 12.9. The van der Waals surface area contributed by atoms with Crippen molar-refractivity contribution < 1.29 is 41.8 Å². The van der Waals surface area contributed by atoms with E-state index >= 15 is 4.39 Å². The maximum Gasteiger partial charge on any atom is 0.459 e. The molecule has 1 aliphatic rings. The van der Waals surface area contributed by atoms with Crippen LogP contribution in [0.1, 0.15) is 27.0 Å². The number of H-pyrrole nitrogens is 1. The number of carbonyl (C=O) groups is 1. The average molecular weight is 568 g/mol. The van der Waals surface area contributed by atoms with Crippen LogP contribution in [-0.2, 0) is 23.4 Å². The number of alkyl halides is 2. The normalized spacial score (nSPS) is 26.0. The van der Waals surface area contributed by atoms with Crippen LogP contribution in [0.25, 0.3) is 0 Å². The lowest BCUT2D eigenvalue weighted by Gasteiger charge is -2.25. The van der Waals surface area contributed by atoms with Crippen molar-refractivity contribution >= 4 is 25.3 Å². The van der Waals surface area contributed by atoms with Gasteiger partial charge in [0.1, 0.15) is 24.0 Å². The molecule has 16 heteroatoms. The van der Waals surface area contributed by atoms with Gasteiger partial charge in [0.05, 0.1) is 18.9 Å². The second kappa shape index (κ2) is 11.4. The maximum absolute atomic E-state index is 15.2. The number of nitrogens with zero attached hydrogens (tertiary/aromatic N) is 1. The van der Waals surface area contributed by atoms with Gasteiger partial charge in [-0.2, -0.15) is 9.48 Å². The van der Waals surface area contributed by atoms with E-state index in [4.69, 9.17) is 30.1 Å². The molecule has 0 unspecified atom stereocenters. The third kappa shape index (κ3) is 6.83. The summed E-state index contributed by atoms with van der Waals surface area (Å²) in [5.74, 6) is -2.12. The Morgan fingerprint density at radius 3 is 2.59 bits per heavy atom. The summed E-state index contributed by atoms with van der Waals surface area (Å²) < 4.78 is 63.9. The molecule has 1 aliphatic heterocycles. The number of benzene rings is 1. The lowest BCUT2D eigenvalue weighted by atomic mass is 10.1.